The SMILES string of the molecule is COC(=O)c1cccc(B2OC(C)(C)C(C)(C)O2)c1OCCc1cc(OC)cc(C)c1Br. The summed E-state index contributed by atoms with van der Waals surface area (Å²) < 4.78 is 30.0. The van der Waals surface area contributed by atoms with E-state index in [1.165, 1.54) is 7.11 Å². The molecule has 8 heteroatoms. The van der Waals surface area contributed by atoms with E-state index >= 15 is 0 Å². The van der Waals surface area contributed by atoms with E-state index < -0.39 is 24.3 Å². The van der Waals surface area contributed by atoms with Crippen molar-refractivity contribution in [3.05, 3.63) is 51.5 Å². The minimum atomic E-state index is -0.662. The molecule has 1 saturated heterocycles. The van der Waals surface area contributed by atoms with Crippen LogP contribution >= 0.6 is 15.9 Å². The van der Waals surface area contributed by atoms with Crippen molar-refractivity contribution in [2.24, 2.45) is 0 Å². The van der Waals surface area contributed by atoms with Crippen LogP contribution in [0, 0.1) is 6.92 Å². The number of carbonyl (C=O) groups is 1. The number of esters is 1. The molecule has 0 radical (unpaired) electrons. The zero-order valence-corrected chi connectivity index (χ0v) is 21.3. The van der Waals surface area contributed by atoms with Crippen LogP contribution in [0.2, 0.25) is 0 Å². The molecule has 1 aliphatic heterocycles. The zero-order chi connectivity index (χ0) is 23.7. The minimum absolute atomic E-state index is 0.334. The van der Waals surface area contributed by atoms with Gasteiger partial charge in [-0.25, -0.2) is 4.79 Å². The summed E-state index contributed by atoms with van der Waals surface area (Å²) in [5, 5.41) is 0. The van der Waals surface area contributed by atoms with E-state index in [1.54, 1.807) is 19.2 Å². The second kappa shape index (κ2) is 9.45. The normalized spacial score (nSPS) is 16.7. The van der Waals surface area contributed by atoms with Crippen LogP contribution in [-0.2, 0) is 20.5 Å². The summed E-state index contributed by atoms with van der Waals surface area (Å²) >= 11 is 3.65. The van der Waals surface area contributed by atoms with Gasteiger partial charge in [0.05, 0.1) is 32.0 Å². The Morgan fingerprint density at radius 2 is 1.75 bits per heavy atom. The van der Waals surface area contributed by atoms with Gasteiger partial charge in [0.25, 0.3) is 0 Å². The largest absolute Gasteiger partial charge is 0.498 e. The van der Waals surface area contributed by atoms with Crippen LogP contribution in [0.3, 0.4) is 0 Å². The lowest BCUT2D eigenvalue weighted by molar-refractivity contribution is 0.00578. The van der Waals surface area contributed by atoms with E-state index in [1.807, 2.05) is 52.8 Å². The number of para-hydroxylation sites is 1. The predicted octanol–water partition coefficient (Wildman–Crippen LogP) is 4.47. The van der Waals surface area contributed by atoms with Gasteiger partial charge in [0.2, 0.25) is 0 Å². The van der Waals surface area contributed by atoms with E-state index in [-0.39, 0.29) is 0 Å². The highest BCUT2D eigenvalue weighted by molar-refractivity contribution is 9.10. The van der Waals surface area contributed by atoms with Gasteiger partial charge in [-0.3, -0.25) is 0 Å². The first kappa shape index (κ1) is 24.6. The Morgan fingerprint density at radius 1 is 1.09 bits per heavy atom. The second-order valence-electron chi connectivity index (χ2n) is 8.82. The van der Waals surface area contributed by atoms with Crippen molar-refractivity contribution < 1.29 is 28.3 Å². The molecular formula is C24H30BBrO6. The highest BCUT2D eigenvalue weighted by Gasteiger charge is 2.52. The third-order valence-electron chi connectivity index (χ3n) is 6.11. The summed E-state index contributed by atoms with van der Waals surface area (Å²) in [6, 6.07) is 9.26. The van der Waals surface area contributed by atoms with Crippen molar-refractivity contribution in [1.29, 1.82) is 0 Å². The Morgan fingerprint density at radius 3 is 2.34 bits per heavy atom. The third kappa shape index (κ3) is 4.82. The van der Waals surface area contributed by atoms with E-state index in [0.717, 1.165) is 21.3 Å². The highest BCUT2D eigenvalue weighted by Crippen LogP contribution is 2.37. The fourth-order valence-electron chi connectivity index (χ4n) is 3.51. The smallest absolute Gasteiger partial charge is 0.497 e. The summed E-state index contributed by atoms with van der Waals surface area (Å²) in [6.45, 7) is 10.3. The lowest BCUT2D eigenvalue weighted by Gasteiger charge is -2.32. The quantitative estimate of drug-likeness (QED) is 0.409. The van der Waals surface area contributed by atoms with Crippen molar-refractivity contribution in [1.82, 2.24) is 0 Å². The van der Waals surface area contributed by atoms with Crippen molar-refractivity contribution in [3.8, 4) is 11.5 Å². The zero-order valence-electron chi connectivity index (χ0n) is 19.7. The molecular weight excluding hydrogens is 475 g/mol. The number of hydrogen-bond acceptors (Lipinski definition) is 6. The van der Waals surface area contributed by atoms with Crippen LogP contribution in [0.25, 0.3) is 0 Å². The molecule has 0 atom stereocenters. The Balaban J connectivity index is 1.90. The monoisotopic (exact) mass is 504 g/mol. The first-order valence-electron chi connectivity index (χ1n) is 10.5. The van der Waals surface area contributed by atoms with Gasteiger partial charge in [-0.05, 0) is 63.9 Å². The summed E-state index contributed by atoms with van der Waals surface area (Å²) in [6.07, 6.45) is 0.608. The summed E-state index contributed by atoms with van der Waals surface area (Å²) in [5.74, 6) is 0.721. The number of rotatable bonds is 7. The molecule has 0 unspecified atom stereocenters. The maximum atomic E-state index is 12.5. The van der Waals surface area contributed by atoms with Gasteiger partial charge in [0.1, 0.15) is 17.1 Å². The van der Waals surface area contributed by atoms with Gasteiger partial charge in [-0.1, -0.05) is 28.1 Å². The number of benzene rings is 2. The lowest BCUT2D eigenvalue weighted by atomic mass is 9.77. The van der Waals surface area contributed by atoms with Crippen LogP contribution in [0.4, 0.5) is 0 Å². The molecule has 1 heterocycles. The molecule has 1 fully saturated rings. The summed E-state index contributed by atoms with van der Waals surface area (Å²) in [4.78, 5) is 12.5. The molecule has 0 amide bonds. The minimum Gasteiger partial charge on any atom is -0.497 e. The van der Waals surface area contributed by atoms with Gasteiger partial charge in [-0.15, -0.1) is 0 Å². The standard InChI is InChI=1S/C24H30BBrO6/c1-15-13-17(28-6)14-16(20(15)26)11-12-30-21-18(22(27)29-7)9-8-10-19(21)25-31-23(2,3)24(4,5)32-25/h8-10,13-14H,11-12H2,1-7H3. The topological polar surface area (TPSA) is 63.2 Å². The average molecular weight is 505 g/mol. The first-order chi connectivity index (χ1) is 15.0. The number of carbonyl (C=O) groups excluding carboxylic acids is 1. The Kier molecular flexibility index (Phi) is 7.27. The Hall–Kier alpha value is -2.03. The molecule has 2 aromatic carbocycles. The van der Waals surface area contributed by atoms with Gasteiger partial charge < -0.3 is 23.5 Å². The van der Waals surface area contributed by atoms with Crippen molar-refractivity contribution >= 4 is 34.5 Å². The molecule has 0 aliphatic carbocycles. The summed E-state index contributed by atoms with van der Waals surface area (Å²) in [5.41, 5.74) is 2.09. The van der Waals surface area contributed by atoms with Gasteiger partial charge >= 0.3 is 13.1 Å². The number of ether oxygens (including phenoxy) is 3. The van der Waals surface area contributed by atoms with E-state index in [4.69, 9.17) is 23.5 Å². The predicted molar refractivity (Wildman–Crippen MR) is 128 cm³/mol. The molecule has 0 spiro atoms. The number of aryl methyl sites for hydroxylation is 1. The number of methoxy groups -OCH3 is 2. The summed E-state index contributed by atoms with van der Waals surface area (Å²) in [7, 11) is 2.33. The molecule has 0 saturated carbocycles. The van der Waals surface area contributed by atoms with Gasteiger partial charge in [-0.2, -0.15) is 0 Å². The fraction of sp³-hybridized carbons (Fsp3) is 0.458. The molecule has 3 rings (SSSR count). The second-order valence-corrected chi connectivity index (χ2v) is 9.61. The molecule has 0 bridgehead atoms. The Labute approximate surface area is 198 Å². The first-order valence-corrected chi connectivity index (χ1v) is 11.3. The molecule has 1 aliphatic rings. The molecule has 32 heavy (non-hydrogen) atoms. The maximum Gasteiger partial charge on any atom is 0.498 e. The van der Waals surface area contributed by atoms with E-state index in [2.05, 4.69) is 15.9 Å². The van der Waals surface area contributed by atoms with Crippen LogP contribution in [-0.4, -0.2) is 45.1 Å². The van der Waals surface area contributed by atoms with E-state index in [0.29, 0.717) is 29.8 Å². The van der Waals surface area contributed by atoms with Gasteiger partial charge in [0.15, 0.2) is 0 Å². The molecule has 0 aromatic heterocycles. The van der Waals surface area contributed by atoms with E-state index in [9.17, 15) is 4.79 Å². The van der Waals surface area contributed by atoms with Crippen molar-refractivity contribution in [2.45, 2.75) is 52.2 Å². The maximum absolute atomic E-state index is 12.5. The third-order valence-corrected chi connectivity index (χ3v) is 7.25. The lowest BCUT2D eigenvalue weighted by Crippen LogP contribution is -2.41. The average Bonchev–Trinajstić information content (AvgIpc) is 2.97. The van der Waals surface area contributed by atoms with Crippen molar-refractivity contribution in [3.63, 3.8) is 0 Å². The van der Waals surface area contributed by atoms with Crippen LogP contribution in [0.1, 0.15) is 49.2 Å². The Bertz CT molecular complexity index is 988. The van der Waals surface area contributed by atoms with Crippen LogP contribution in [0.15, 0.2) is 34.8 Å². The molecule has 2 aromatic rings. The number of halogens is 1. The van der Waals surface area contributed by atoms with Crippen LogP contribution < -0.4 is 14.9 Å². The highest BCUT2D eigenvalue weighted by atomic mass is 79.9. The molecule has 6 nitrogen and oxygen atoms in total. The number of hydrogen-bond donors (Lipinski definition) is 0. The fourth-order valence-corrected chi connectivity index (χ4v) is 3.94. The molecule has 172 valence electrons. The molecule has 0 N–H and O–H groups in total. The van der Waals surface area contributed by atoms with Gasteiger partial charge in [0, 0.05) is 16.4 Å². The van der Waals surface area contributed by atoms with Crippen LogP contribution in [0.5, 0.6) is 11.5 Å². The van der Waals surface area contributed by atoms with Crippen molar-refractivity contribution in [2.75, 3.05) is 20.8 Å².